The lowest BCUT2D eigenvalue weighted by molar-refractivity contribution is -0.110. The maximum Gasteiger partial charge on any atom is 0.187 e. The molecule has 0 saturated carbocycles. The van der Waals surface area contributed by atoms with Crippen LogP contribution in [0.2, 0.25) is 0 Å². The van der Waals surface area contributed by atoms with Crippen LogP contribution in [0.4, 0.5) is 5.69 Å². The van der Waals surface area contributed by atoms with E-state index in [1.807, 2.05) is 17.8 Å². The Morgan fingerprint density at radius 1 is 0.769 bits per heavy atom. The first-order valence-electron chi connectivity index (χ1n) is 13.6. The first kappa shape index (κ1) is 26.0. The molecule has 1 spiro atoms. The van der Waals surface area contributed by atoms with E-state index in [4.69, 9.17) is 5.10 Å². The number of para-hydroxylation sites is 1. The lowest BCUT2D eigenvalue weighted by Gasteiger charge is -2.37. The van der Waals surface area contributed by atoms with Crippen LogP contribution in [-0.4, -0.2) is 10.8 Å². The Kier molecular flexibility index (Phi) is 6.68. The SMILES string of the molecule is CCc1ccc(C2(c3ccc(CC)cc3)S[C@]3(SC(C(C)=O)=NN3c3ccccc3C)c3ccccc32)cc1. The molecule has 2 heterocycles. The zero-order valence-electron chi connectivity index (χ0n) is 22.8. The number of hydrazone groups is 1. The number of nitrogens with zero attached hydrogens (tertiary/aromatic N) is 2. The zero-order chi connectivity index (χ0) is 27.2. The molecule has 4 aromatic rings. The average Bonchev–Trinajstić information content (AvgIpc) is 3.50. The van der Waals surface area contributed by atoms with E-state index in [-0.39, 0.29) is 5.78 Å². The van der Waals surface area contributed by atoms with E-state index in [2.05, 4.69) is 117 Å². The Morgan fingerprint density at radius 3 is 1.85 bits per heavy atom. The van der Waals surface area contributed by atoms with Crippen molar-refractivity contribution in [1.82, 2.24) is 0 Å². The Balaban J connectivity index is 1.64. The number of benzene rings is 4. The van der Waals surface area contributed by atoms with Crippen LogP contribution in [0.15, 0.2) is 102 Å². The number of aryl methyl sites for hydroxylation is 3. The summed E-state index contributed by atoms with van der Waals surface area (Å²) in [5.41, 5.74) is 9.68. The van der Waals surface area contributed by atoms with E-state index >= 15 is 0 Å². The number of fused-ring (bicyclic) bond motifs is 2. The van der Waals surface area contributed by atoms with Crippen molar-refractivity contribution in [2.75, 3.05) is 5.01 Å². The molecule has 0 saturated heterocycles. The summed E-state index contributed by atoms with van der Waals surface area (Å²) in [6, 6.07) is 35.2. The predicted molar refractivity (Wildman–Crippen MR) is 167 cm³/mol. The monoisotopic (exact) mass is 548 g/mol. The molecule has 39 heavy (non-hydrogen) atoms. The molecule has 0 aromatic heterocycles. The molecule has 0 bridgehead atoms. The van der Waals surface area contributed by atoms with Gasteiger partial charge in [0.1, 0.15) is 0 Å². The highest BCUT2D eigenvalue weighted by Gasteiger charge is 2.61. The fourth-order valence-electron chi connectivity index (χ4n) is 5.67. The molecule has 1 atom stereocenters. The second-order valence-corrected chi connectivity index (χ2v) is 13.0. The van der Waals surface area contributed by atoms with Crippen molar-refractivity contribution in [2.45, 2.75) is 49.5 Å². The number of carbonyl (C=O) groups excluding carboxylic acids is 1. The molecular formula is C34H32N2OS2. The quantitative estimate of drug-likeness (QED) is 0.242. The third kappa shape index (κ3) is 4.06. The fourth-order valence-corrected chi connectivity index (χ4v) is 9.21. The summed E-state index contributed by atoms with van der Waals surface area (Å²) in [7, 11) is 0. The van der Waals surface area contributed by atoms with Crippen LogP contribution in [0.3, 0.4) is 0 Å². The molecule has 4 aromatic carbocycles. The van der Waals surface area contributed by atoms with Crippen LogP contribution in [-0.2, 0) is 26.6 Å². The van der Waals surface area contributed by atoms with Crippen molar-refractivity contribution in [1.29, 1.82) is 0 Å². The van der Waals surface area contributed by atoms with E-state index in [0.717, 1.165) is 24.1 Å². The van der Waals surface area contributed by atoms with E-state index in [9.17, 15) is 4.79 Å². The molecule has 196 valence electrons. The summed E-state index contributed by atoms with van der Waals surface area (Å²) in [5.74, 6) is -0.00867. The molecule has 0 unspecified atom stereocenters. The second-order valence-electron chi connectivity index (χ2n) is 10.2. The molecule has 0 N–H and O–H groups in total. The summed E-state index contributed by atoms with van der Waals surface area (Å²) in [5, 5.41) is 7.65. The molecule has 2 aliphatic rings. The minimum atomic E-state index is -0.642. The Hall–Kier alpha value is -3.28. The summed E-state index contributed by atoms with van der Waals surface area (Å²) in [6.07, 6.45) is 2.00. The number of thioether (sulfide) groups is 2. The number of carbonyl (C=O) groups is 1. The van der Waals surface area contributed by atoms with Gasteiger partial charge in [-0.25, -0.2) is 5.01 Å². The van der Waals surface area contributed by atoms with Gasteiger partial charge in [-0.3, -0.25) is 4.79 Å². The van der Waals surface area contributed by atoms with Crippen LogP contribution in [0, 0.1) is 6.92 Å². The lowest BCUT2D eigenvalue weighted by Crippen LogP contribution is -2.34. The predicted octanol–water partition coefficient (Wildman–Crippen LogP) is 8.42. The van der Waals surface area contributed by atoms with Crippen molar-refractivity contribution in [3.8, 4) is 0 Å². The molecule has 5 heteroatoms. The highest BCUT2D eigenvalue weighted by Crippen LogP contribution is 2.71. The van der Waals surface area contributed by atoms with E-state index in [1.165, 1.54) is 33.4 Å². The van der Waals surface area contributed by atoms with E-state index in [1.54, 1.807) is 18.7 Å². The number of anilines is 1. The minimum absolute atomic E-state index is 0.00867. The molecule has 0 aliphatic carbocycles. The van der Waals surface area contributed by atoms with Crippen molar-refractivity contribution in [3.63, 3.8) is 0 Å². The number of hydrogen-bond donors (Lipinski definition) is 0. The third-order valence-corrected chi connectivity index (χ3v) is 11.2. The highest BCUT2D eigenvalue weighted by molar-refractivity contribution is 8.27. The smallest absolute Gasteiger partial charge is 0.187 e. The van der Waals surface area contributed by atoms with Gasteiger partial charge in [0, 0.05) is 12.5 Å². The normalized spacial score (nSPS) is 19.3. The summed E-state index contributed by atoms with van der Waals surface area (Å²) in [6.45, 7) is 8.12. The number of hydrogen-bond acceptors (Lipinski definition) is 5. The largest absolute Gasteiger partial charge is 0.292 e. The molecule has 3 nitrogen and oxygen atoms in total. The highest BCUT2D eigenvalue weighted by atomic mass is 32.2. The maximum atomic E-state index is 12.8. The van der Waals surface area contributed by atoms with Crippen molar-refractivity contribution < 1.29 is 4.79 Å². The lowest BCUT2D eigenvalue weighted by atomic mass is 9.81. The Bertz CT molecular complexity index is 1530. The molecular weight excluding hydrogens is 517 g/mol. The first-order valence-corrected chi connectivity index (χ1v) is 15.2. The second kappa shape index (κ2) is 10.0. The van der Waals surface area contributed by atoms with Crippen LogP contribution in [0.5, 0.6) is 0 Å². The van der Waals surface area contributed by atoms with Gasteiger partial charge in [-0.05, 0) is 59.2 Å². The van der Waals surface area contributed by atoms with E-state index < -0.39 is 8.95 Å². The van der Waals surface area contributed by atoms with Gasteiger partial charge < -0.3 is 0 Å². The van der Waals surface area contributed by atoms with Gasteiger partial charge >= 0.3 is 0 Å². The van der Waals surface area contributed by atoms with Gasteiger partial charge in [0.05, 0.1) is 10.4 Å². The van der Waals surface area contributed by atoms with Gasteiger partial charge in [-0.15, -0.1) is 0 Å². The summed E-state index contributed by atoms with van der Waals surface area (Å²) >= 11 is 3.46. The van der Waals surface area contributed by atoms with Gasteiger partial charge in [0.15, 0.2) is 15.0 Å². The topological polar surface area (TPSA) is 32.7 Å². The molecule has 6 rings (SSSR count). The van der Waals surface area contributed by atoms with Gasteiger partial charge in [0.25, 0.3) is 0 Å². The molecule has 0 radical (unpaired) electrons. The number of rotatable bonds is 6. The summed E-state index contributed by atoms with van der Waals surface area (Å²) < 4.78 is -1.12. The molecule has 2 aliphatic heterocycles. The first-order chi connectivity index (χ1) is 18.9. The van der Waals surface area contributed by atoms with Crippen molar-refractivity contribution >= 4 is 40.0 Å². The Morgan fingerprint density at radius 2 is 1.31 bits per heavy atom. The zero-order valence-corrected chi connectivity index (χ0v) is 24.4. The average molecular weight is 549 g/mol. The standard InChI is InChI=1S/C34H32N2OS2/c1-5-25-15-19-27(20-16-25)33(28-21-17-26(6-2)18-22-28)29-12-8-9-13-30(29)34(39-33)36(35-32(38-34)24(4)37)31-14-10-7-11-23(31)3/h7-22H,5-6H2,1-4H3/t34-/m1/s1. The van der Waals surface area contributed by atoms with Crippen LogP contribution >= 0.6 is 23.5 Å². The summed E-state index contributed by atoms with van der Waals surface area (Å²) in [4.78, 5) is 12.8. The maximum absolute atomic E-state index is 12.8. The number of ketones is 1. The minimum Gasteiger partial charge on any atom is -0.292 e. The Labute approximate surface area is 239 Å². The fraction of sp³-hybridized carbons (Fsp3) is 0.235. The van der Waals surface area contributed by atoms with Crippen molar-refractivity contribution in [2.24, 2.45) is 5.10 Å². The van der Waals surface area contributed by atoms with Crippen molar-refractivity contribution in [3.05, 3.63) is 136 Å². The van der Waals surface area contributed by atoms with Gasteiger partial charge in [-0.2, -0.15) is 5.10 Å². The van der Waals surface area contributed by atoms with Crippen LogP contribution in [0.25, 0.3) is 0 Å². The number of Topliss-reactive ketones (excluding diaryl/α,β-unsaturated/α-hetero) is 1. The van der Waals surface area contributed by atoms with E-state index in [0.29, 0.717) is 5.04 Å². The van der Waals surface area contributed by atoms with Crippen LogP contribution < -0.4 is 5.01 Å². The molecule has 0 fully saturated rings. The van der Waals surface area contributed by atoms with Gasteiger partial charge in [0.2, 0.25) is 0 Å². The van der Waals surface area contributed by atoms with Gasteiger partial charge in [-0.1, -0.05) is 128 Å². The third-order valence-electron chi connectivity index (χ3n) is 7.83. The molecule has 0 amide bonds. The van der Waals surface area contributed by atoms with Crippen LogP contribution in [0.1, 0.15) is 59.7 Å².